The van der Waals surface area contributed by atoms with Gasteiger partial charge in [-0.05, 0) is 67.4 Å². The van der Waals surface area contributed by atoms with Gasteiger partial charge in [-0.15, -0.1) is 0 Å². The van der Waals surface area contributed by atoms with E-state index in [0.29, 0.717) is 11.4 Å². The first-order valence-electron chi connectivity index (χ1n) is 8.68. The molecule has 138 valence electrons. The molecule has 0 aromatic heterocycles. The number of anilines is 1. The zero-order chi connectivity index (χ0) is 19.1. The lowest BCUT2D eigenvalue weighted by atomic mass is 10.1. The number of aryl methyl sites for hydroxylation is 1. The molecule has 5 nitrogen and oxygen atoms in total. The van der Waals surface area contributed by atoms with Gasteiger partial charge in [-0.3, -0.25) is 0 Å². The molecular weight excluding hydrogens is 340 g/mol. The van der Waals surface area contributed by atoms with Gasteiger partial charge < -0.3 is 20.1 Å². The summed E-state index contributed by atoms with van der Waals surface area (Å²) in [4.78, 5) is 12.0. The fourth-order valence-electron chi connectivity index (χ4n) is 2.47. The predicted molar refractivity (Wildman–Crippen MR) is 107 cm³/mol. The van der Waals surface area contributed by atoms with Crippen LogP contribution in [-0.4, -0.2) is 12.8 Å². The average molecular weight is 362 g/mol. The number of carbonyl (C=O) groups is 1. The normalized spacial score (nSPS) is 10.1. The summed E-state index contributed by atoms with van der Waals surface area (Å²) in [6.07, 6.45) is 0. The molecule has 0 aliphatic carbocycles. The van der Waals surface area contributed by atoms with E-state index >= 15 is 0 Å². The maximum Gasteiger partial charge on any atom is 0.321 e. The molecule has 0 unspecified atom stereocenters. The van der Waals surface area contributed by atoms with Gasteiger partial charge >= 0.3 is 6.03 Å². The van der Waals surface area contributed by atoms with Gasteiger partial charge in [-0.1, -0.05) is 30.3 Å². The van der Waals surface area contributed by atoms with E-state index in [4.69, 9.17) is 9.47 Å². The third-order valence-electron chi connectivity index (χ3n) is 4.11. The molecule has 2 amide bonds. The van der Waals surface area contributed by atoms with Gasteiger partial charge in [-0.2, -0.15) is 0 Å². The van der Waals surface area contributed by atoms with E-state index in [1.54, 1.807) is 24.3 Å². The van der Waals surface area contributed by atoms with Gasteiger partial charge in [0, 0.05) is 5.69 Å². The van der Waals surface area contributed by atoms with Gasteiger partial charge in [0.1, 0.15) is 17.2 Å². The first kappa shape index (κ1) is 18.3. The Hall–Kier alpha value is -3.47. The maximum absolute atomic E-state index is 12.0. The number of benzene rings is 3. The van der Waals surface area contributed by atoms with Crippen molar-refractivity contribution < 1.29 is 14.3 Å². The van der Waals surface area contributed by atoms with Gasteiger partial charge in [-0.25, -0.2) is 4.79 Å². The quantitative estimate of drug-likeness (QED) is 0.589. The highest BCUT2D eigenvalue weighted by Gasteiger charge is 2.05. The molecule has 27 heavy (non-hydrogen) atoms. The van der Waals surface area contributed by atoms with Crippen molar-refractivity contribution in [2.75, 3.05) is 12.0 Å². The Kier molecular flexibility index (Phi) is 5.94. The molecule has 5 heteroatoms. The lowest BCUT2D eigenvalue weighted by molar-refractivity contribution is 0.234. The summed E-state index contributed by atoms with van der Waals surface area (Å²) in [5.41, 5.74) is 2.88. The van der Waals surface area contributed by atoms with Crippen molar-refractivity contribution in [3.8, 4) is 17.2 Å². The van der Waals surface area contributed by atoms with Gasteiger partial charge in [0.05, 0.1) is 0 Å². The van der Waals surface area contributed by atoms with E-state index in [9.17, 15) is 4.79 Å². The second-order valence-corrected chi connectivity index (χ2v) is 6.06. The van der Waals surface area contributed by atoms with Crippen LogP contribution in [-0.2, 0) is 0 Å². The zero-order valence-electron chi connectivity index (χ0n) is 15.4. The fourth-order valence-corrected chi connectivity index (χ4v) is 2.47. The van der Waals surface area contributed by atoms with Gasteiger partial charge in [0.15, 0.2) is 6.73 Å². The van der Waals surface area contributed by atoms with Gasteiger partial charge in [0.2, 0.25) is 0 Å². The Morgan fingerprint density at radius 3 is 2.30 bits per heavy atom. The first-order valence-corrected chi connectivity index (χ1v) is 8.68. The second-order valence-electron chi connectivity index (χ2n) is 6.06. The summed E-state index contributed by atoms with van der Waals surface area (Å²) in [5, 5.41) is 5.44. The predicted octanol–water partition coefficient (Wildman–Crippen LogP) is 5.25. The van der Waals surface area contributed by atoms with Crippen LogP contribution in [0.15, 0.2) is 72.8 Å². The summed E-state index contributed by atoms with van der Waals surface area (Å²) in [6, 6.07) is 22.2. The zero-order valence-corrected chi connectivity index (χ0v) is 15.4. The van der Waals surface area contributed by atoms with Crippen LogP contribution < -0.4 is 20.1 Å². The molecule has 0 heterocycles. The molecule has 3 aromatic rings. The number of amides is 2. The third-order valence-corrected chi connectivity index (χ3v) is 4.11. The molecule has 3 rings (SSSR count). The summed E-state index contributed by atoms with van der Waals surface area (Å²) in [7, 11) is 0. The van der Waals surface area contributed by atoms with Crippen molar-refractivity contribution >= 4 is 11.7 Å². The van der Waals surface area contributed by atoms with E-state index in [1.807, 2.05) is 62.4 Å². The van der Waals surface area contributed by atoms with E-state index in [-0.39, 0.29) is 12.8 Å². The van der Waals surface area contributed by atoms with Crippen LogP contribution in [0.3, 0.4) is 0 Å². The number of rotatable bonds is 6. The molecule has 0 fully saturated rings. The number of hydrogen-bond donors (Lipinski definition) is 2. The Bertz CT molecular complexity index is 893. The van der Waals surface area contributed by atoms with Crippen LogP contribution in [0.4, 0.5) is 10.5 Å². The Balaban J connectivity index is 1.47. The smallest absolute Gasteiger partial charge is 0.321 e. The third kappa shape index (κ3) is 5.25. The minimum Gasteiger partial charge on any atom is -0.473 e. The standard InChI is InChI=1S/C22H22N2O3/c1-16-7-6-10-21(17(16)2)26-15-23-22(25)24-18-11-13-20(14-12-18)27-19-8-4-3-5-9-19/h3-14H,15H2,1-2H3,(H2,23,24,25). The van der Waals surface area contributed by atoms with Crippen LogP contribution in [0.2, 0.25) is 0 Å². The Morgan fingerprint density at radius 1 is 0.852 bits per heavy atom. The summed E-state index contributed by atoms with van der Waals surface area (Å²) >= 11 is 0. The van der Waals surface area contributed by atoms with Crippen LogP contribution >= 0.6 is 0 Å². The second kappa shape index (κ2) is 8.76. The van der Waals surface area contributed by atoms with Crippen LogP contribution in [0.5, 0.6) is 17.2 Å². The molecule has 0 aliphatic heterocycles. The monoisotopic (exact) mass is 362 g/mol. The maximum atomic E-state index is 12.0. The molecule has 0 radical (unpaired) electrons. The van der Waals surface area contributed by atoms with E-state index < -0.39 is 0 Å². The van der Waals surface area contributed by atoms with Crippen LogP contribution in [0.1, 0.15) is 11.1 Å². The average Bonchev–Trinajstić information content (AvgIpc) is 2.67. The summed E-state index contributed by atoms with van der Waals surface area (Å²) < 4.78 is 11.3. The Labute approximate surface area is 158 Å². The molecule has 0 spiro atoms. The molecule has 0 atom stereocenters. The Morgan fingerprint density at radius 2 is 1.56 bits per heavy atom. The molecule has 0 bridgehead atoms. The minimum atomic E-state index is -0.336. The van der Waals surface area contributed by atoms with Crippen molar-refractivity contribution in [1.29, 1.82) is 0 Å². The van der Waals surface area contributed by atoms with E-state index in [0.717, 1.165) is 22.6 Å². The molecule has 0 saturated carbocycles. The molecule has 0 aliphatic rings. The van der Waals surface area contributed by atoms with Crippen LogP contribution in [0.25, 0.3) is 0 Å². The van der Waals surface area contributed by atoms with E-state index in [1.165, 1.54) is 0 Å². The lowest BCUT2D eigenvalue weighted by Crippen LogP contribution is -2.32. The van der Waals surface area contributed by atoms with Crippen molar-refractivity contribution in [2.45, 2.75) is 13.8 Å². The van der Waals surface area contributed by atoms with Crippen LogP contribution in [0, 0.1) is 13.8 Å². The number of ether oxygens (including phenoxy) is 2. The van der Waals surface area contributed by atoms with E-state index in [2.05, 4.69) is 10.6 Å². The largest absolute Gasteiger partial charge is 0.473 e. The van der Waals surface area contributed by atoms with Crippen molar-refractivity contribution in [3.63, 3.8) is 0 Å². The van der Waals surface area contributed by atoms with Gasteiger partial charge in [0.25, 0.3) is 0 Å². The van der Waals surface area contributed by atoms with Crippen molar-refractivity contribution in [1.82, 2.24) is 5.32 Å². The highest BCUT2D eigenvalue weighted by molar-refractivity contribution is 5.89. The molecular formula is C22H22N2O3. The number of hydrogen-bond acceptors (Lipinski definition) is 3. The topological polar surface area (TPSA) is 59.6 Å². The number of nitrogens with one attached hydrogen (secondary N) is 2. The summed E-state index contributed by atoms with van der Waals surface area (Å²) in [6.45, 7) is 4.10. The van der Waals surface area contributed by atoms with Crippen molar-refractivity contribution in [3.05, 3.63) is 83.9 Å². The fraction of sp³-hybridized carbons (Fsp3) is 0.136. The summed E-state index contributed by atoms with van der Waals surface area (Å²) in [5.74, 6) is 2.22. The first-order chi connectivity index (χ1) is 13.1. The van der Waals surface area contributed by atoms with Crippen molar-refractivity contribution in [2.24, 2.45) is 0 Å². The molecule has 0 saturated heterocycles. The molecule has 3 aromatic carbocycles. The lowest BCUT2D eigenvalue weighted by Gasteiger charge is -2.12. The minimum absolute atomic E-state index is 0.0886. The number of para-hydroxylation sites is 1. The SMILES string of the molecule is Cc1cccc(OCNC(=O)Nc2ccc(Oc3ccccc3)cc2)c1C. The number of carbonyl (C=O) groups excluding carboxylic acids is 1. The number of urea groups is 1. The molecule has 2 N–H and O–H groups in total. The highest BCUT2D eigenvalue weighted by atomic mass is 16.5. The highest BCUT2D eigenvalue weighted by Crippen LogP contribution is 2.23.